The number of hydrogen-bond donors (Lipinski definition) is 2. The van der Waals surface area contributed by atoms with E-state index in [1.807, 2.05) is 43.3 Å². The van der Waals surface area contributed by atoms with E-state index in [2.05, 4.69) is 25.6 Å². The second-order valence-corrected chi connectivity index (χ2v) is 4.69. The summed E-state index contributed by atoms with van der Waals surface area (Å²) in [5.41, 5.74) is 1.99. The van der Waals surface area contributed by atoms with Crippen LogP contribution in [0.5, 0.6) is 0 Å². The molecule has 0 saturated heterocycles. The molecular formula is C14H20N6O. The van der Waals surface area contributed by atoms with Gasteiger partial charge in [0.2, 0.25) is 17.8 Å². The third-order valence-electron chi connectivity index (χ3n) is 2.74. The predicted molar refractivity (Wildman–Crippen MR) is 84.1 cm³/mol. The molecule has 0 unspecified atom stereocenters. The van der Waals surface area contributed by atoms with E-state index in [0.29, 0.717) is 24.5 Å². The van der Waals surface area contributed by atoms with Gasteiger partial charge in [-0.25, -0.2) is 0 Å². The van der Waals surface area contributed by atoms with E-state index >= 15 is 0 Å². The van der Waals surface area contributed by atoms with Crippen LogP contribution in [0.2, 0.25) is 0 Å². The van der Waals surface area contributed by atoms with E-state index in [-0.39, 0.29) is 0 Å². The van der Waals surface area contributed by atoms with Crippen molar-refractivity contribution in [2.45, 2.75) is 6.61 Å². The van der Waals surface area contributed by atoms with Crippen LogP contribution in [-0.4, -0.2) is 43.2 Å². The van der Waals surface area contributed by atoms with E-state index in [9.17, 15) is 0 Å². The average molecular weight is 288 g/mol. The van der Waals surface area contributed by atoms with Gasteiger partial charge in [0.1, 0.15) is 0 Å². The summed E-state index contributed by atoms with van der Waals surface area (Å²) in [6.07, 6.45) is 0. The molecule has 0 bridgehead atoms. The summed E-state index contributed by atoms with van der Waals surface area (Å²) in [6, 6.07) is 7.93. The lowest BCUT2D eigenvalue weighted by molar-refractivity contribution is 0.185. The molecule has 0 aliphatic rings. The zero-order valence-electron chi connectivity index (χ0n) is 12.7. The van der Waals surface area contributed by atoms with Crippen molar-refractivity contribution in [3.63, 3.8) is 0 Å². The Morgan fingerprint density at radius 2 is 1.90 bits per heavy atom. The molecule has 1 aromatic carbocycles. The normalized spacial score (nSPS) is 10.3. The number of hydrogen-bond acceptors (Lipinski definition) is 7. The number of nitrogens with zero attached hydrogens (tertiary/aromatic N) is 4. The molecule has 2 aromatic rings. The van der Waals surface area contributed by atoms with Crippen LogP contribution in [0.1, 0.15) is 5.56 Å². The van der Waals surface area contributed by atoms with Crippen molar-refractivity contribution in [1.29, 1.82) is 0 Å². The smallest absolute Gasteiger partial charge is 0.233 e. The molecule has 7 nitrogen and oxygen atoms in total. The maximum atomic E-state index is 5.13. The summed E-state index contributed by atoms with van der Waals surface area (Å²) in [5, 5.41) is 6.12. The van der Waals surface area contributed by atoms with Gasteiger partial charge in [-0.1, -0.05) is 12.1 Å². The molecule has 0 saturated carbocycles. The van der Waals surface area contributed by atoms with Gasteiger partial charge >= 0.3 is 0 Å². The lowest BCUT2D eigenvalue weighted by Gasteiger charge is -2.13. The molecule has 0 radical (unpaired) electrons. The maximum absolute atomic E-state index is 5.13. The Bertz CT molecular complexity index is 602. The number of ether oxygens (including phenoxy) is 1. The van der Waals surface area contributed by atoms with Crippen LogP contribution < -0.4 is 15.5 Å². The van der Waals surface area contributed by atoms with Gasteiger partial charge in [-0.15, -0.1) is 0 Å². The first kappa shape index (κ1) is 15.0. The van der Waals surface area contributed by atoms with Gasteiger partial charge in [0.05, 0.1) is 6.61 Å². The average Bonchev–Trinajstić information content (AvgIpc) is 2.47. The highest BCUT2D eigenvalue weighted by molar-refractivity contribution is 5.56. The SMILES string of the molecule is CNc1nc(Nc2cccc(COC)c2)nc(N(C)C)n1. The lowest BCUT2D eigenvalue weighted by atomic mass is 10.2. The standard InChI is InChI=1S/C14H20N6O/c1-15-12-17-13(19-14(18-12)20(2)3)16-11-7-5-6-10(8-11)9-21-4/h5-8H,9H2,1-4H3,(H2,15,16,17,18,19). The molecule has 7 heteroatoms. The van der Waals surface area contributed by atoms with E-state index in [1.165, 1.54) is 0 Å². The molecular weight excluding hydrogens is 268 g/mol. The van der Waals surface area contributed by atoms with Gasteiger partial charge in [0.25, 0.3) is 0 Å². The molecule has 0 spiro atoms. The summed E-state index contributed by atoms with van der Waals surface area (Å²) in [6.45, 7) is 0.567. The Hall–Kier alpha value is -2.41. The highest BCUT2D eigenvalue weighted by atomic mass is 16.5. The maximum Gasteiger partial charge on any atom is 0.233 e. The number of aromatic nitrogens is 3. The van der Waals surface area contributed by atoms with Crippen LogP contribution in [0.4, 0.5) is 23.5 Å². The monoisotopic (exact) mass is 288 g/mol. The fraction of sp³-hybridized carbons (Fsp3) is 0.357. The van der Waals surface area contributed by atoms with Gasteiger partial charge in [-0.3, -0.25) is 0 Å². The zero-order chi connectivity index (χ0) is 15.2. The largest absolute Gasteiger partial charge is 0.380 e. The molecule has 1 aromatic heterocycles. The molecule has 0 aliphatic carbocycles. The van der Waals surface area contributed by atoms with Crippen LogP contribution in [0.15, 0.2) is 24.3 Å². The van der Waals surface area contributed by atoms with Crippen molar-refractivity contribution in [2.24, 2.45) is 0 Å². The minimum absolute atomic E-state index is 0.493. The summed E-state index contributed by atoms with van der Waals surface area (Å²) >= 11 is 0. The van der Waals surface area contributed by atoms with Crippen molar-refractivity contribution < 1.29 is 4.74 Å². The van der Waals surface area contributed by atoms with Gasteiger partial charge in [0, 0.05) is 33.9 Å². The fourth-order valence-corrected chi connectivity index (χ4v) is 1.77. The van der Waals surface area contributed by atoms with Gasteiger partial charge in [-0.2, -0.15) is 15.0 Å². The van der Waals surface area contributed by atoms with Crippen molar-refractivity contribution >= 4 is 23.5 Å². The Morgan fingerprint density at radius 3 is 2.57 bits per heavy atom. The van der Waals surface area contributed by atoms with Crippen molar-refractivity contribution in [3.05, 3.63) is 29.8 Å². The number of nitrogens with one attached hydrogen (secondary N) is 2. The number of anilines is 4. The lowest BCUT2D eigenvalue weighted by Crippen LogP contribution is -2.15. The second kappa shape index (κ2) is 6.85. The highest BCUT2D eigenvalue weighted by Crippen LogP contribution is 2.18. The van der Waals surface area contributed by atoms with Crippen molar-refractivity contribution in [3.8, 4) is 0 Å². The van der Waals surface area contributed by atoms with Crippen LogP contribution in [0, 0.1) is 0 Å². The Kier molecular flexibility index (Phi) is 4.89. The summed E-state index contributed by atoms with van der Waals surface area (Å²) < 4.78 is 5.13. The van der Waals surface area contributed by atoms with E-state index < -0.39 is 0 Å². The second-order valence-electron chi connectivity index (χ2n) is 4.69. The van der Waals surface area contributed by atoms with Gasteiger partial charge in [0.15, 0.2) is 0 Å². The first-order chi connectivity index (χ1) is 10.1. The van der Waals surface area contributed by atoms with Crippen molar-refractivity contribution in [1.82, 2.24) is 15.0 Å². The van der Waals surface area contributed by atoms with Crippen LogP contribution in [0.3, 0.4) is 0 Å². The minimum Gasteiger partial charge on any atom is -0.380 e. The Morgan fingerprint density at radius 1 is 1.14 bits per heavy atom. The molecule has 112 valence electrons. The fourth-order valence-electron chi connectivity index (χ4n) is 1.77. The first-order valence-electron chi connectivity index (χ1n) is 6.58. The molecule has 0 aliphatic heterocycles. The summed E-state index contributed by atoms with van der Waals surface area (Å²) in [4.78, 5) is 14.8. The van der Waals surface area contributed by atoms with E-state index in [1.54, 1.807) is 14.2 Å². The minimum atomic E-state index is 0.493. The van der Waals surface area contributed by atoms with Gasteiger partial charge < -0.3 is 20.3 Å². The Balaban J connectivity index is 2.26. The Labute approximate surface area is 124 Å². The zero-order valence-corrected chi connectivity index (χ0v) is 12.7. The van der Waals surface area contributed by atoms with Gasteiger partial charge in [-0.05, 0) is 17.7 Å². The molecule has 0 amide bonds. The predicted octanol–water partition coefficient (Wildman–Crippen LogP) is 1.87. The number of methoxy groups -OCH3 is 1. The molecule has 2 N–H and O–H groups in total. The van der Waals surface area contributed by atoms with Crippen molar-refractivity contribution in [2.75, 3.05) is 43.8 Å². The summed E-state index contributed by atoms with van der Waals surface area (Å²) in [5.74, 6) is 1.60. The van der Waals surface area contributed by atoms with E-state index in [4.69, 9.17) is 4.74 Å². The first-order valence-corrected chi connectivity index (χ1v) is 6.58. The topological polar surface area (TPSA) is 75.2 Å². The molecule has 0 atom stereocenters. The number of rotatable bonds is 6. The third-order valence-corrected chi connectivity index (χ3v) is 2.74. The summed E-state index contributed by atoms with van der Waals surface area (Å²) in [7, 11) is 7.22. The molecule has 21 heavy (non-hydrogen) atoms. The van der Waals surface area contributed by atoms with Crippen LogP contribution >= 0.6 is 0 Å². The molecule has 1 heterocycles. The van der Waals surface area contributed by atoms with Crippen LogP contribution in [-0.2, 0) is 11.3 Å². The van der Waals surface area contributed by atoms with Crippen LogP contribution in [0.25, 0.3) is 0 Å². The number of benzene rings is 1. The third kappa shape index (κ3) is 4.03. The van der Waals surface area contributed by atoms with E-state index in [0.717, 1.165) is 11.3 Å². The molecule has 0 fully saturated rings. The highest BCUT2D eigenvalue weighted by Gasteiger charge is 2.07. The quantitative estimate of drug-likeness (QED) is 0.840. The molecule has 2 rings (SSSR count).